The van der Waals surface area contributed by atoms with Crippen LogP contribution in [0, 0.1) is 0 Å². The van der Waals surface area contributed by atoms with Crippen LogP contribution >= 0.6 is 11.3 Å². The van der Waals surface area contributed by atoms with Gasteiger partial charge >= 0.3 is 5.97 Å². The lowest BCUT2D eigenvalue weighted by molar-refractivity contribution is -0.138. The summed E-state index contributed by atoms with van der Waals surface area (Å²) < 4.78 is 0. The predicted molar refractivity (Wildman–Crippen MR) is 53.0 cm³/mol. The van der Waals surface area contributed by atoms with Crippen molar-refractivity contribution in [3.05, 3.63) is 17.5 Å². The molecule has 0 fully saturated rings. The third-order valence-electron chi connectivity index (χ3n) is 1.59. The summed E-state index contributed by atoms with van der Waals surface area (Å²) in [6.07, 6.45) is 0.438. The molecule has 0 aliphatic rings. The highest BCUT2D eigenvalue weighted by atomic mass is 32.1. The number of hydrogen-bond donors (Lipinski definition) is 3. The third-order valence-corrected chi connectivity index (χ3v) is 2.42. The first-order valence-electron chi connectivity index (χ1n) is 3.96. The quantitative estimate of drug-likeness (QED) is 0.661. The summed E-state index contributed by atoms with van der Waals surface area (Å²) in [6, 6.07) is 3.11. The molecule has 1 heterocycles. The van der Waals surface area contributed by atoms with Crippen molar-refractivity contribution in [3.8, 4) is 0 Å². The third kappa shape index (κ3) is 3.43. The van der Waals surface area contributed by atoms with E-state index in [0.29, 0.717) is 13.0 Å². The Morgan fingerprint density at radius 1 is 1.77 bits per heavy atom. The van der Waals surface area contributed by atoms with E-state index in [9.17, 15) is 4.79 Å². The van der Waals surface area contributed by atoms with Crippen molar-refractivity contribution in [1.29, 1.82) is 0 Å². The molecule has 0 aliphatic carbocycles. The molecule has 4 nitrogen and oxygen atoms in total. The highest BCUT2D eigenvalue weighted by molar-refractivity contribution is 7.14. The van der Waals surface area contributed by atoms with Crippen LogP contribution in [0.2, 0.25) is 0 Å². The fourth-order valence-electron chi connectivity index (χ4n) is 0.853. The minimum atomic E-state index is -0.951. The van der Waals surface area contributed by atoms with Crippen LogP contribution in [0.15, 0.2) is 17.5 Å². The van der Waals surface area contributed by atoms with Crippen LogP contribution < -0.4 is 11.1 Å². The number of aliphatic carboxylic acids is 1. The first-order chi connectivity index (χ1) is 6.20. The lowest BCUT2D eigenvalue weighted by Crippen LogP contribution is -2.31. The SMILES string of the molecule is NC(CCNc1cccs1)C(=O)O. The van der Waals surface area contributed by atoms with E-state index >= 15 is 0 Å². The molecule has 0 radical (unpaired) electrons. The van der Waals surface area contributed by atoms with Crippen molar-refractivity contribution in [1.82, 2.24) is 0 Å². The summed E-state index contributed by atoms with van der Waals surface area (Å²) in [6.45, 7) is 0.591. The Balaban J connectivity index is 2.18. The number of carbonyl (C=O) groups is 1. The van der Waals surface area contributed by atoms with Gasteiger partial charge < -0.3 is 16.2 Å². The lowest BCUT2D eigenvalue weighted by atomic mass is 10.2. The van der Waals surface area contributed by atoms with Gasteiger partial charge in [0, 0.05) is 6.54 Å². The molecule has 0 amide bonds. The molecule has 1 atom stereocenters. The number of rotatable bonds is 5. The number of anilines is 1. The Bertz CT molecular complexity index is 261. The van der Waals surface area contributed by atoms with Gasteiger partial charge in [0.05, 0.1) is 5.00 Å². The number of carboxylic acid groups (broad SMARTS) is 1. The van der Waals surface area contributed by atoms with Crippen molar-refractivity contribution in [2.45, 2.75) is 12.5 Å². The van der Waals surface area contributed by atoms with Gasteiger partial charge in [0.15, 0.2) is 0 Å². The van der Waals surface area contributed by atoms with Crippen LogP contribution in [-0.2, 0) is 4.79 Å². The average Bonchev–Trinajstić information content (AvgIpc) is 2.56. The van der Waals surface area contributed by atoms with E-state index in [1.165, 1.54) is 0 Å². The summed E-state index contributed by atoms with van der Waals surface area (Å²) in [4.78, 5) is 10.3. The van der Waals surface area contributed by atoms with Gasteiger partial charge in [0.2, 0.25) is 0 Å². The Morgan fingerprint density at radius 3 is 3.08 bits per heavy atom. The van der Waals surface area contributed by atoms with Crippen LogP contribution in [0.3, 0.4) is 0 Å². The van der Waals surface area contributed by atoms with Crippen molar-refractivity contribution in [2.24, 2.45) is 5.73 Å². The maximum atomic E-state index is 10.3. The molecule has 13 heavy (non-hydrogen) atoms. The molecule has 0 spiro atoms. The molecular formula is C8H12N2O2S. The number of thiophene rings is 1. The van der Waals surface area contributed by atoms with E-state index in [2.05, 4.69) is 5.32 Å². The summed E-state index contributed by atoms with van der Waals surface area (Å²) in [7, 11) is 0. The summed E-state index contributed by atoms with van der Waals surface area (Å²) >= 11 is 1.58. The molecule has 4 N–H and O–H groups in total. The lowest BCUT2D eigenvalue weighted by Gasteiger charge is -2.06. The van der Waals surface area contributed by atoms with Gasteiger partial charge in [-0.15, -0.1) is 11.3 Å². The van der Waals surface area contributed by atoms with Crippen molar-refractivity contribution >= 4 is 22.3 Å². The van der Waals surface area contributed by atoms with Crippen molar-refractivity contribution in [2.75, 3.05) is 11.9 Å². The van der Waals surface area contributed by atoms with Crippen LogP contribution in [-0.4, -0.2) is 23.7 Å². The van der Waals surface area contributed by atoms with E-state index in [0.717, 1.165) is 5.00 Å². The van der Waals surface area contributed by atoms with Gasteiger partial charge in [-0.2, -0.15) is 0 Å². The second-order valence-corrected chi connectivity index (χ2v) is 3.59. The molecule has 1 unspecified atom stereocenters. The largest absolute Gasteiger partial charge is 0.480 e. The van der Waals surface area contributed by atoms with E-state index in [4.69, 9.17) is 10.8 Å². The van der Waals surface area contributed by atoms with Crippen molar-refractivity contribution < 1.29 is 9.90 Å². The van der Waals surface area contributed by atoms with Gasteiger partial charge in [0.25, 0.3) is 0 Å². The number of carboxylic acids is 1. The first-order valence-corrected chi connectivity index (χ1v) is 4.84. The van der Waals surface area contributed by atoms with Crippen LogP contribution in [0.25, 0.3) is 0 Å². The van der Waals surface area contributed by atoms with Crippen LogP contribution in [0.4, 0.5) is 5.00 Å². The Kier molecular flexibility index (Phi) is 3.72. The predicted octanol–water partition coefficient (Wildman–Crippen LogP) is 0.962. The van der Waals surface area contributed by atoms with E-state index < -0.39 is 12.0 Å². The van der Waals surface area contributed by atoms with E-state index in [1.807, 2.05) is 17.5 Å². The van der Waals surface area contributed by atoms with Crippen LogP contribution in [0.5, 0.6) is 0 Å². The standard InChI is InChI=1S/C8H12N2O2S/c9-6(8(11)12)3-4-10-7-2-1-5-13-7/h1-2,5-6,10H,3-4,9H2,(H,11,12). The van der Waals surface area contributed by atoms with Crippen molar-refractivity contribution in [3.63, 3.8) is 0 Å². The normalized spacial score (nSPS) is 12.4. The second-order valence-electron chi connectivity index (χ2n) is 2.64. The Morgan fingerprint density at radius 2 is 2.54 bits per heavy atom. The molecule has 0 aliphatic heterocycles. The highest BCUT2D eigenvalue weighted by Crippen LogP contribution is 2.14. The summed E-state index contributed by atoms with van der Waals surface area (Å²) in [5.41, 5.74) is 5.32. The monoisotopic (exact) mass is 200 g/mol. The minimum Gasteiger partial charge on any atom is -0.480 e. The fraction of sp³-hybridized carbons (Fsp3) is 0.375. The van der Waals surface area contributed by atoms with Gasteiger partial charge in [-0.05, 0) is 23.9 Å². The summed E-state index contributed by atoms with van der Waals surface area (Å²) in [5, 5.41) is 14.6. The topological polar surface area (TPSA) is 75.3 Å². The Labute approximate surface area is 80.4 Å². The molecular weight excluding hydrogens is 188 g/mol. The zero-order chi connectivity index (χ0) is 9.68. The number of nitrogens with two attached hydrogens (primary N) is 1. The molecule has 1 aromatic heterocycles. The van der Waals surface area contributed by atoms with E-state index in [-0.39, 0.29) is 0 Å². The molecule has 0 aromatic carbocycles. The average molecular weight is 200 g/mol. The zero-order valence-corrected chi connectivity index (χ0v) is 7.88. The second kappa shape index (κ2) is 4.84. The molecule has 0 bridgehead atoms. The maximum Gasteiger partial charge on any atom is 0.320 e. The maximum absolute atomic E-state index is 10.3. The molecule has 5 heteroatoms. The zero-order valence-electron chi connectivity index (χ0n) is 7.06. The molecule has 1 rings (SSSR count). The molecule has 0 saturated carbocycles. The number of hydrogen-bond acceptors (Lipinski definition) is 4. The minimum absolute atomic E-state index is 0.438. The smallest absolute Gasteiger partial charge is 0.320 e. The van der Waals surface area contributed by atoms with Gasteiger partial charge in [-0.3, -0.25) is 4.79 Å². The number of nitrogens with one attached hydrogen (secondary N) is 1. The first kappa shape index (κ1) is 10.0. The molecule has 1 aromatic rings. The van der Waals surface area contributed by atoms with Gasteiger partial charge in [0.1, 0.15) is 6.04 Å². The van der Waals surface area contributed by atoms with Crippen LogP contribution in [0.1, 0.15) is 6.42 Å². The fourth-order valence-corrected chi connectivity index (χ4v) is 1.50. The van der Waals surface area contributed by atoms with Gasteiger partial charge in [-0.1, -0.05) is 0 Å². The molecule has 72 valence electrons. The highest BCUT2D eigenvalue weighted by Gasteiger charge is 2.09. The van der Waals surface area contributed by atoms with Gasteiger partial charge in [-0.25, -0.2) is 0 Å². The Hall–Kier alpha value is -1.07. The summed E-state index contributed by atoms with van der Waals surface area (Å²) in [5.74, 6) is -0.951. The molecule has 0 saturated heterocycles. The van der Waals surface area contributed by atoms with E-state index in [1.54, 1.807) is 11.3 Å².